The molecule has 0 N–H and O–H groups in total. The zero-order valence-electron chi connectivity index (χ0n) is 9.48. The third-order valence-corrected chi connectivity index (χ3v) is 3.27. The van der Waals surface area contributed by atoms with E-state index in [1.54, 1.807) is 6.20 Å². The molecular weight excluding hydrogens is 325 g/mol. The monoisotopic (exact) mass is 337 g/mol. The topological polar surface area (TPSA) is 30.0 Å². The molecule has 86 valence electrons. The maximum absolute atomic E-state index is 12.1. The highest BCUT2D eigenvalue weighted by Gasteiger charge is 2.10. The van der Waals surface area contributed by atoms with Crippen molar-refractivity contribution >= 4 is 28.4 Å². The fraction of sp³-hybridized carbons (Fsp3) is 0.143. The molecule has 2 aromatic rings. The predicted molar refractivity (Wildman–Crippen MR) is 76.2 cm³/mol. The van der Waals surface area contributed by atoms with Gasteiger partial charge < -0.3 is 0 Å². The van der Waals surface area contributed by atoms with Crippen LogP contribution in [0.25, 0.3) is 0 Å². The number of pyridine rings is 1. The van der Waals surface area contributed by atoms with Gasteiger partial charge in [0.15, 0.2) is 5.78 Å². The van der Waals surface area contributed by atoms with Gasteiger partial charge in [-0.15, -0.1) is 0 Å². The van der Waals surface area contributed by atoms with Gasteiger partial charge in [0.2, 0.25) is 0 Å². The normalized spacial score (nSPS) is 10.2. The largest absolute Gasteiger partial charge is 0.292 e. The van der Waals surface area contributed by atoms with E-state index in [-0.39, 0.29) is 5.78 Å². The third-order valence-electron chi connectivity index (χ3n) is 2.55. The van der Waals surface area contributed by atoms with E-state index in [4.69, 9.17) is 0 Å². The van der Waals surface area contributed by atoms with Crippen LogP contribution in [-0.2, 0) is 6.42 Å². The number of ketones is 1. The van der Waals surface area contributed by atoms with E-state index in [0.717, 1.165) is 11.1 Å². The van der Waals surface area contributed by atoms with Gasteiger partial charge in [0.25, 0.3) is 0 Å². The Hall–Kier alpha value is -1.23. The molecule has 0 fully saturated rings. The molecular formula is C14H12INO. The second-order valence-corrected chi connectivity index (χ2v) is 5.14. The lowest BCUT2D eigenvalue weighted by Crippen LogP contribution is -2.07. The first-order chi connectivity index (χ1) is 8.16. The van der Waals surface area contributed by atoms with Crippen molar-refractivity contribution in [1.29, 1.82) is 0 Å². The maximum atomic E-state index is 12.1. The summed E-state index contributed by atoms with van der Waals surface area (Å²) in [7, 11) is 0. The van der Waals surface area contributed by atoms with Gasteiger partial charge in [-0.2, -0.15) is 0 Å². The van der Waals surface area contributed by atoms with Crippen LogP contribution in [0.3, 0.4) is 0 Å². The van der Waals surface area contributed by atoms with Gasteiger partial charge in [0, 0.05) is 16.2 Å². The number of carbonyl (C=O) groups is 1. The molecule has 2 rings (SSSR count). The Morgan fingerprint density at radius 2 is 1.94 bits per heavy atom. The molecule has 1 heterocycles. The lowest BCUT2D eigenvalue weighted by atomic mass is 10.0. The molecule has 17 heavy (non-hydrogen) atoms. The molecule has 0 amide bonds. The molecule has 0 unspecified atom stereocenters. The fourth-order valence-electron chi connectivity index (χ4n) is 1.65. The zero-order valence-corrected chi connectivity index (χ0v) is 11.6. The van der Waals surface area contributed by atoms with Gasteiger partial charge in [-0.1, -0.05) is 18.2 Å². The fourth-order valence-corrected chi connectivity index (χ4v) is 2.01. The number of Topliss-reactive ketones (excluding diaryl/α,β-unsaturated/α-hetero) is 1. The molecule has 0 saturated carbocycles. The van der Waals surface area contributed by atoms with Crippen molar-refractivity contribution in [2.24, 2.45) is 0 Å². The Morgan fingerprint density at radius 3 is 2.59 bits per heavy atom. The lowest BCUT2D eigenvalue weighted by Gasteiger charge is -2.03. The van der Waals surface area contributed by atoms with Crippen molar-refractivity contribution in [3.05, 3.63) is 63.0 Å². The van der Waals surface area contributed by atoms with E-state index in [1.165, 1.54) is 3.57 Å². The molecule has 3 heteroatoms. The molecule has 0 spiro atoms. The molecule has 0 atom stereocenters. The van der Waals surface area contributed by atoms with E-state index in [0.29, 0.717) is 12.1 Å². The summed E-state index contributed by atoms with van der Waals surface area (Å²) in [5, 5.41) is 0. The van der Waals surface area contributed by atoms with Crippen LogP contribution in [-0.4, -0.2) is 10.8 Å². The number of halogens is 1. The van der Waals surface area contributed by atoms with Crippen LogP contribution in [0.1, 0.15) is 21.6 Å². The van der Waals surface area contributed by atoms with Crippen LogP contribution in [0.5, 0.6) is 0 Å². The van der Waals surface area contributed by atoms with Crippen molar-refractivity contribution in [2.75, 3.05) is 0 Å². The van der Waals surface area contributed by atoms with E-state index in [2.05, 4.69) is 27.6 Å². The first-order valence-electron chi connectivity index (χ1n) is 5.36. The molecule has 0 radical (unpaired) electrons. The number of rotatable bonds is 3. The number of aryl methyl sites for hydroxylation is 1. The summed E-state index contributed by atoms with van der Waals surface area (Å²) in [6.45, 7) is 1.91. The summed E-state index contributed by atoms with van der Waals surface area (Å²) < 4.78 is 1.17. The molecule has 0 aliphatic rings. The number of aromatic nitrogens is 1. The minimum absolute atomic E-state index is 0.0734. The standard InChI is InChI=1S/C14H12INO/c1-10-3-2-8-16-14(10)13(17)9-11-4-6-12(15)7-5-11/h2-8H,9H2,1H3. The van der Waals surface area contributed by atoms with Crippen LogP contribution in [0.15, 0.2) is 42.6 Å². The van der Waals surface area contributed by atoms with Gasteiger partial charge in [-0.05, 0) is 58.8 Å². The van der Waals surface area contributed by atoms with Gasteiger partial charge in [0.05, 0.1) is 0 Å². The zero-order chi connectivity index (χ0) is 12.3. The van der Waals surface area contributed by atoms with E-state index < -0.39 is 0 Å². The highest BCUT2D eigenvalue weighted by Crippen LogP contribution is 2.11. The SMILES string of the molecule is Cc1cccnc1C(=O)Cc1ccc(I)cc1. The second-order valence-electron chi connectivity index (χ2n) is 3.90. The van der Waals surface area contributed by atoms with Gasteiger partial charge >= 0.3 is 0 Å². The number of hydrogen-bond acceptors (Lipinski definition) is 2. The number of benzene rings is 1. The smallest absolute Gasteiger partial charge is 0.185 e. The third kappa shape index (κ3) is 3.12. The van der Waals surface area contributed by atoms with Crippen LogP contribution in [0.2, 0.25) is 0 Å². The molecule has 0 bridgehead atoms. The summed E-state index contributed by atoms with van der Waals surface area (Å²) in [5.74, 6) is 0.0734. The number of hydrogen-bond donors (Lipinski definition) is 0. The lowest BCUT2D eigenvalue weighted by molar-refractivity contribution is 0.0987. The Bertz CT molecular complexity index is 534. The van der Waals surface area contributed by atoms with Gasteiger partial charge in [-0.25, -0.2) is 0 Å². The average molecular weight is 337 g/mol. The Morgan fingerprint density at radius 1 is 1.24 bits per heavy atom. The molecule has 0 saturated heterocycles. The van der Waals surface area contributed by atoms with Crippen LogP contribution in [0.4, 0.5) is 0 Å². The van der Waals surface area contributed by atoms with E-state index in [9.17, 15) is 4.79 Å². The summed E-state index contributed by atoms with van der Waals surface area (Å²) in [5.41, 5.74) is 2.54. The predicted octanol–water partition coefficient (Wildman–Crippen LogP) is 3.42. The highest BCUT2D eigenvalue weighted by molar-refractivity contribution is 14.1. The second kappa shape index (κ2) is 5.40. The summed E-state index contributed by atoms with van der Waals surface area (Å²) in [6.07, 6.45) is 2.07. The molecule has 0 aliphatic carbocycles. The minimum Gasteiger partial charge on any atom is -0.292 e. The van der Waals surface area contributed by atoms with E-state index >= 15 is 0 Å². The number of carbonyl (C=O) groups excluding carboxylic acids is 1. The summed E-state index contributed by atoms with van der Waals surface area (Å²) >= 11 is 2.25. The summed E-state index contributed by atoms with van der Waals surface area (Å²) in [6, 6.07) is 11.7. The van der Waals surface area contributed by atoms with Crippen molar-refractivity contribution in [1.82, 2.24) is 4.98 Å². The van der Waals surface area contributed by atoms with Crippen molar-refractivity contribution in [3.8, 4) is 0 Å². The van der Waals surface area contributed by atoms with Crippen molar-refractivity contribution in [2.45, 2.75) is 13.3 Å². The van der Waals surface area contributed by atoms with Crippen LogP contribution < -0.4 is 0 Å². The van der Waals surface area contributed by atoms with Gasteiger partial charge in [0.1, 0.15) is 5.69 Å². The van der Waals surface area contributed by atoms with E-state index in [1.807, 2.05) is 43.3 Å². The first kappa shape index (κ1) is 12.2. The van der Waals surface area contributed by atoms with Gasteiger partial charge in [-0.3, -0.25) is 9.78 Å². The average Bonchev–Trinajstić information content (AvgIpc) is 2.32. The van der Waals surface area contributed by atoms with Crippen LogP contribution in [0, 0.1) is 10.5 Å². The van der Waals surface area contributed by atoms with Crippen LogP contribution >= 0.6 is 22.6 Å². The highest BCUT2D eigenvalue weighted by atomic mass is 127. The molecule has 1 aromatic carbocycles. The van der Waals surface area contributed by atoms with Crippen molar-refractivity contribution < 1.29 is 4.79 Å². The molecule has 0 aliphatic heterocycles. The quantitative estimate of drug-likeness (QED) is 0.635. The minimum atomic E-state index is 0.0734. The summed E-state index contributed by atoms with van der Waals surface area (Å²) in [4.78, 5) is 16.2. The Kier molecular flexibility index (Phi) is 3.89. The Balaban J connectivity index is 2.17. The van der Waals surface area contributed by atoms with Crippen molar-refractivity contribution in [3.63, 3.8) is 0 Å². The first-order valence-corrected chi connectivity index (χ1v) is 6.44. The molecule has 1 aromatic heterocycles. The number of nitrogens with zero attached hydrogens (tertiary/aromatic N) is 1. The Labute approximate surface area is 114 Å². The molecule has 2 nitrogen and oxygen atoms in total. The maximum Gasteiger partial charge on any atom is 0.185 e.